The zero-order valence-corrected chi connectivity index (χ0v) is 70.6. The van der Waals surface area contributed by atoms with E-state index in [0.29, 0.717) is 54.1 Å². The van der Waals surface area contributed by atoms with E-state index >= 15 is 28.8 Å². The number of benzene rings is 2. The maximum Gasteiger partial charge on any atom is 0.326 e. The van der Waals surface area contributed by atoms with E-state index < -0.39 is 210 Å². The number of aromatic amines is 1. The van der Waals surface area contributed by atoms with Gasteiger partial charge in [0.25, 0.3) is 0 Å². The number of carboxylic acids is 1. The minimum absolute atomic E-state index is 0.0472. The fourth-order valence-corrected chi connectivity index (χ4v) is 13.6. The summed E-state index contributed by atoms with van der Waals surface area (Å²) in [5, 5.41) is 56.0. The van der Waals surface area contributed by atoms with Crippen LogP contribution in [0.15, 0.2) is 72.9 Å². The molecule has 0 spiro atoms. The number of aliphatic hydroxyl groups is 1. The molecule has 14 atom stereocenters. The van der Waals surface area contributed by atoms with Crippen molar-refractivity contribution in [2.75, 3.05) is 6.54 Å². The molecule has 2 aromatic carbocycles. The van der Waals surface area contributed by atoms with Crippen molar-refractivity contribution in [3.8, 4) is 0 Å². The van der Waals surface area contributed by atoms with Gasteiger partial charge in [0, 0.05) is 36.4 Å². The zero-order valence-electron chi connectivity index (χ0n) is 70.6. The molecule has 0 aliphatic carbocycles. The van der Waals surface area contributed by atoms with E-state index in [-0.39, 0.29) is 101 Å². The van der Waals surface area contributed by atoms with Gasteiger partial charge in [0.05, 0.1) is 25.0 Å². The van der Waals surface area contributed by atoms with Crippen LogP contribution in [-0.2, 0) is 89.6 Å². The largest absolute Gasteiger partial charge is 0.480 e. The Balaban J connectivity index is 1.96. The predicted molar refractivity (Wildman–Crippen MR) is 447 cm³/mol. The van der Waals surface area contributed by atoms with Crippen LogP contribution in [0.3, 0.4) is 0 Å². The van der Waals surface area contributed by atoms with Crippen LogP contribution >= 0.6 is 0 Å². The average molecular weight is 1680 g/mol. The molecule has 2 heterocycles. The molecule has 0 saturated heterocycles. The Kier molecular flexibility index (Phi) is 42.4. The minimum atomic E-state index is -2.01. The minimum Gasteiger partial charge on any atom is -0.480 e. The molecule has 1 aliphatic heterocycles. The molecular formula is C82H130N20O18. The lowest BCUT2D eigenvalue weighted by atomic mass is 9.90. The highest BCUT2D eigenvalue weighted by Crippen LogP contribution is 2.24. The van der Waals surface area contributed by atoms with Gasteiger partial charge < -0.3 is 113 Å². The maximum atomic E-state index is 15.4. The number of para-hydroxylation sites is 1. The molecule has 1 aromatic heterocycles. The molecule has 3 aromatic rings. The second-order valence-electron chi connectivity index (χ2n) is 32.6. The Hall–Kier alpha value is -11.0. The third-order valence-electron chi connectivity index (χ3n) is 20.4. The van der Waals surface area contributed by atoms with Crippen molar-refractivity contribution < 1.29 is 86.9 Å². The molecule has 38 heteroatoms. The smallest absolute Gasteiger partial charge is 0.326 e. The molecule has 1 aliphatic rings. The lowest BCUT2D eigenvalue weighted by molar-refractivity contribution is -0.144. The predicted octanol–water partition coefficient (Wildman–Crippen LogP) is -1.44. The monoisotopic (exact) mass is 1680 g/mol. The Bertz CT molecular complexity index is 4010. The van der Waals surface area contributed by atoms with Crippen molar-refractivity contribution in [1.29, 1.82) is 0 Å². The fraction of sp³-hybridized carbons (Fsp3) is 0.610. The topological polar surface area (TPSA) is 642 Å². The van der Waals surface area contributed by atoms with Gasteiger partial charge in [-0.1, -0.05) is 128 Å². The zero-order chi connectivity index (χ0) is 89.7. The number of hydrogen-bond donors (Lipinski definition) is 22. The molecular weight excluding hydrogens is 1550 g/mol. The quantitative estimate of drug-likeness (QED) is 0.0182. The van der Waals surface area contributed by atoms with Gasteiger partial charge in [-0.2, -0.15) is 0 Å². The molecule has 4 rings (SSSR count). The van der Waals surface area contributed by atoms with Crippen molar-refractivity contribution >= 4 is 105 Å². The number of aromatic nitrogens is 1. The molecule has 0 unspecified atom stereocenters. The van der Waals surface area contributed by atoms with Crippen molar-refractivity contribution in [3.63, 3.8) is 0 Å². The number of aliphatic carboxylic acids is 1. The van der Waals surface area contributed by atoms with Crippen LogP contribution in [0, 0.1) is 17.8 Å². The molecule has 0 bridgehead atoms. The van der Waals surface area contributed by atoms with Crippen molar-refractivity contribution in [3.05, 3.63) is 84.1 Å². The summed E-state index contributed by atoms with van der Waals surface area (Å²) >= 11 is 0. The molecule has 38 nitrogen and oxygen atoms in total. The first kappa shape index (κ1) is 101. The van der Waals surface area contributed by atoms with Crippen LogP contribution < -0.4 is 104 Å². The van der Waals surface area contributed by atoms with E-state index in [2.05, 4.69) is 74.1 Å². The van der Waals surface area contributed by atoms with Crippen LogP contribution in [-0.4, -0.2) is 206 Å². The van der Waals surface area contributed by atoms with Crippen LogP contribution in [0.25, 0.3) is 10.9 Å². The Morgan fingerprint density at radius 3 is 1.62 bits per heavy atom. The molecule has 0 radical (unpaired) electrons. The molecule has 28 N–H and O–H groups in total. The van der Waals surface area contributed by atoms with E-state index in [1.807, 2.05) is 12.2 Å². The third-order valence-corrected chi connectivity index (χ3v) is 20.4. The molecule has 120 heavy (non-hydrogen) atoms. The highest BCUT2D eigenvalue weighted by Gasteiger charge is 2.44. The van der Waals surface area contributed by atoms with Crippen molar-refractivity contribution in [2.45, 2.75) is 294 Å². The number of allylic oxidation sites excluding steroid dienone is 2. The number of carbonyl (C=O) groups is 16. The first-order valence-corrected chi connectivity index (χ1v) is 41.1. The standard InChI is InChI=1S/C82H130N20O18/c1-11-52(83)67(107)100-66(48(8)103)76(116)96-59(40-49-27-20-19-21-28-49)75(115)102-82(10)35-25-18-16-14-12-13-15-17-24-34-81(9,78(119)98-55(32-33-63(84)104)69(109)97-62(77(117)118)43-65(86)106)101-74(114)58(39-47(6)7)94-70(110)56(37-45(2)3)92-68(108)54(31-26-36-89-80(87)88)91-72(112)60(41-50-44-90-53-30-23-22-29-51(50)53)95-71(111)57(38-46(4)5)93-73(113)61(42-64(85)105)99-79(82)120/h12-13,19-23,27-30,44-48,52,54-62,66,80,89-90,103H,11,14-18,24-26,31-43,83,87-88H2,1-10H3,(H2,84,104)(H2,85,105)(H2,86,106)(H,91,112)(H,92,108)(H,93,113)(H,94,110)(H,95,111)(H,96,116)(H,97,109)(H,98,119)(H,99,120)(H,100,107)(H,101,114)(H,102,115)(H,117,118)/b13-12+/t48-,52+,54+,55+,56+,57+,58+,59+,60+,61+,62+,66+,81+,82-/m1/s1. The Morgan fingerprint density at radius 1 is 0.550 bits per heavy atom. The fourth-order valence-electron chi connectivity index (χ4n) is 13.6. The number of hydrogen-bond acceptors (Lipinski definition) is 21. The van der Waals surface area contributed by atoms with E-state index in [0.717, 1.165) is 0 Å². The molecule has 0 fully saturated rings. The summed E-state index contributed by atoms with van der Waals surface area (Å²) in [5.74, 6) is -17.2. The van der Waals surface area contributed by atoms with Gasteiger partial charge >= 0.3 is 5.97 Å². The summed E-state index contributed by atoms with van der Waals surface area (Å²) in [6.07, 6.45) is 1.90. The third kappa shape index (κ3) is 35.2. The number of rotatable bonds is 35. The summed E-state index contributed by atoms with van der Waals surface area (Å²) in [4.78, 5) is 230. The SMILES string of the molecule is CC[C@H](N)C(=O)N[C@H](C(=O)N[C@@H](Cc1ccccc1)C(=O)N[C@]1(C)CCCCC/C=C/CCCC[C@@](C)(C(=O)N[C@@H](CCC(N)=O)C(=O)N[C@@H](CC(N)=O)C(=O)O)NC(=O)[C@H](CC(C)C)NC(=O)[C@H](CC(C)C)NC(=O)[C@H](CCCNC(N)N)NC(=O)[C@H](Cc2c[nH]c3ccccc23)NC(=O)[C@H](CC(C)C)NC(=O)[C@H](CC(N)=O)NC1=O)[C@@H](C)O. The van der Waals surface area contributed by atoms with Gasteiger partial charge in [0.2, 0.25) is 88.6 Å². The summed E-state index contributed by atoms with van der Waals surface area (Å²) in [7, 11) is 0. The number of aliphatic hydroxyl groups excluding tert-OH is 1. The number of H-pyrrole nitrogens is 1. The van der Waals surface area contributed by atoms with Crippen LogP contribution in [0.2, 0.25) is 0 Å². The highest BCUT2D eigenvalue weighted by atomic mass is 16.4. The lowest BCUT2D eigenvalue weighted by Crippen LogP contribution is -2.65. The first-order valence-electron chi connectivity index (χ1n) is 41.1. The second-order valence-corrected chi connectivity index (χ2v) is 32.6. The highest BCUT2D eigenvalue weighted by molar-refractivity contribution is 6.02. The van der Waals surface area contributed by atoms with E-state index in [9.17, 15) is 58.2 Å². The van der Waals surface area contributed by atoms with Crippen LogP contribution in [0.1, 0.15) is 202 Å². The second kappa shape index (κ2) is 50.2. The van der Waals surface area contributed by atoms with Gasteiger partial charge in [-0.3, -0.25) is 77.2 Å². The number of nitrogens with one attached hydrogen (secondary N) is 14. The number of amides is 15. The Morgan fingerprint density at radius 2 is 1.07 bits per heavy atom. The average Bonchev–Trinajstić information content (AvgIpc) is 1.55. The number of carbonyl (C=O) groups excluding carboxylic acids is 15. The van der Waals surface area contributed by atoms with Crippen LogP contribution in [0.4, 0.5) is 0 Å². The summed E-state index contributed by atoms with van der Waals surface area (Å²) in [5.41, 5.74) is 31.9. The Labute approximate surface area is 700 Å². The number of nitrogens with two attached hydrogens (primary N) is 6. The van der Waals surface area contributed by atoms with Gasteiger partial charge in [-0.15, -0.1) is 0 Å². The summed E-state index contributed by atoms with van der Waals surface area (Å²) < 4.78 is 0. The molecule has 15 amide bonds. The number of carboxylic acid groups (broad SMARTS) is 1. The molecule has 0 saturated carbocycles. The summed E-state index contributed by atoms with van der Waals surface area (Å²) in [6.45, 7) is 16.3. The first-order chi connectivity index (χ1) is 56.5. The number of primary amides is 3. The number of fused-ring (bicyclic) bond motifs is 1. The maximum absolute atomic E-state index is 15.4. The van der Waals surface area contributed by atoms with Gasteiger partial charge in [-0.05, 0) is 146 Å². The van der Waals surface area contributed by atoms with Crippen molar-refractivity contribution in [2.24, 2.45) is 52.2 Å². The lowest BCUT2D eigenvalue weighted by Gasteiger charge is -2.34. The van der Waals surface area contributed by atoms with Gasteiger partial charge in [0.1, 0.15) is 77.8 Å². The molecule has 666 valence electrons. The van der Waals surface area contributed by atoms with E-state index in [4.69, 9.17) is 34.4 Å². The van der Waals surface area contributed by atoms with E-state index in [1.54, 1.807) is 109 Å². The van der Waals surface area contributed by atoms with Gasteiger partial charge in [-0.25, -0.2) is 4.79 Å². The van der Waals surface area contributed by atoms with Crippen molar-refractivity contribution in [1.82, 2.24) is 74.1 Å². The normalized spacial score (nSPS) is 22.7. The summed E-state index contributed by atoms with van der Waals surface area (Å²) in [6, 6.07) is -1.55. The van der Waals surface area contributed by atoms with Crippen LogP contribution in [0.5, 0.6) is 0 Å². The van der Waals surface area contributed by atoms with Gasteiger partial charge in [0.15, 0.2) is 0 Å². The van der Waals surface area contributed by atoms with E-state index in [1.165, 1.54) is 20.8 Å².